The Kier molecular flexibility index (Phi) is 12.7. The predicted molar refractivity (Wildman–Crippen MR) is 112 cm³/mol. The van der Waals surface area contributed by atoms with E-state index in [-0.39, 0.29) is 0 Å². The van der Waals surface area contributed by atoms with Crippen LogP contribution in [0.4, 0.5) is 26.3 Å². The summed E-state index contributed by atoms with van der Waals surface area (Å²) >= 11 is 0. The molecular formula is C17H30F6N4O4S2. The summed E-state index contributed by atoms with van der Waals surface area (Å²) in [6.07, 6.45) is 13.3. The second-order valence-electron chi connectivity index (χ2n) is 7.05. The number of allylic oxidation sites excluding steroid dienone is 1. The minimum absolute atomic E-state index is 0.778. The molecule has 0 fully saturated rings. The van der Waals surface area contributed by atoms with E-state index in [2.05, 4.69) is 48.4 Å². The highest BCUT2D eigenvalue weighted by Gasteiger charge is 2.46. The first-order valence-corrected chi connectivity index (χ1v) is 13.1. The molecule has 0 aromatic rings. The van der Waals surface area contributed by atoms with Crippen molar-refractivity contribution in [2.75, 3.05) is 13.1 Å². The quantitative estimate of drug-likeness (QED) is 0.310. The molecule has 1 N–H and O–H groups in total. The number of hydrazine groups is 2. The maximum Gasteiger partial charge on any atom is 0.480 e. The maximum absolute atomic E-state index is 11.4. The van der Waals surface area contributed by atoms with Crippen LogP contribution >= 0.6 is 0 Å². The van der Waals surface area contributed by atoms with Gasteiger partial charge in [0.1, 0.15) is 0 Å². The molecule has 1 heterocycles. The zero-order valence-electron chi connectivity index (χ0n) is 18.6. The highest BCUT2D eigenvalue weighted by atomic mass is 32.3. The second-order valence-corrected chi connectivity index (χ2v) is 10.5. The number of sulfonamides is 2. The van der Waals surface area contributed by atoms with Crippen molar-refractivity contribution in [3.8, 4) is 0 Å². The minimum Gasteiger partial charge on any atom is -0.421 e. The molecule has 0 aromatic carbocycles. The summed E-state index contributed by atoms with van der Waals surface area (Å²) in [4.78, 5) is 0. The van der Waals surface area contributed by atoms with Gasteiger partial charge in [-0.1, -0.05) is 40.0 Å². The van der Waals surface area contributed by atoms with Gasteiger partial charge >= 0.3 is 11.0 Å². The lowest BCUT2D eigenvalue weighted by atomic mass is 10.1. The highest BCUT2D eigenvalue weighted by molar-refractivity contribution is 8.13. The summed E-state index contributed by atoms with van der Waals surface area (Å²) in [6.45, 7) is 8.94. The largest absolute Gasteiger partial charge is 0.480 e. The van der Waals surface area contributed by atoms with Gasteiger partial charge in [0.25, 0.3) is 0 Å². The number of hydrazone groups is 1. The lowest BCUT2D eigenvalue weighted by molar-refractivity contribution is -0.613. The summed E-state index contributed by atoms with van der Waals surface area (Å²) in [5, 5.41) is 2.25. The molecule has 0 saturated heterocycles. The first-order chi connectivity index (χ1) is 15.0. The van der Waals surface area contributed by atoms with Crippen LogP contribution in [-0.4, -0.2) is 56.8 Å². The van der Waals surface area contributed by atoms with E-state index >= 15 is 0 Å². The minimum atomic E-state index is -6.72. The third kappa shape index (κ3) is 11.4. The molecule has 1 rings (SSSR count). The Morgan fingerprint density at radius 1 is 0.879 bits per heavy atom. The zero-order chi connectivity index (χ0) is 25.9. The zero-order valence-corrected chi connectivity index (χ0v) is 20.2. The van der Waals surface area contributed by atoms with E-state index in [1.165, 1.54) is 50.5 Å². The number of alkyl halides is 6. The molecule has 196 valence electrons. The standard InChI is InChI=1S/C15H30N3.C2F6NO4S2/c1-4-7-10-15-13-17(11-8-5-2)16-18(14-15)12-9-6-3;3-1(4,5)14(10,11)9-15(12,13)2(6,7)8/h13-14,16H,4-12H2,1-3H3;/q+1;-1. The molecule has 0 amide bonds. The van der Waals surface area contributed by atoms with Crippen LogP contribution in [0.25, 0.3) is 4.13 Å². The molecule has 0 saturated carbocycles. The molecule has 0 radical (unpaired) electrons. The van der Waals surface area contributed by atoms with Gasteiger partial charge in [-0.3, -0.25) is 0 Å². The number of hydrogen-bond donors (Lipinski definition) is 1. The lowest BCUT2D eigenvalue weighted by Gasteiger charge is -2.23. The van der Waals surface area contributed by atoms with E-state index < -0.39 is 31.1 Å². The third-order valence-corrected chi connectivity index (χ3v) is 6.75. The van der Waals surface area contributed by atoms with Crippen LogP contribution in [0.2, 0.25) is 0 Å². The summed E-state index contributed by atoms with van der Waals surface area (Å²) in [7, 11) is -13.4. The number of nitrogens with one attached hydrogen (secondary N) is 1. The molecule has 16 heteroatoms. The molecule has 0 aromatic heterocycles. The van der Waals surface area contributed by atoms with E-state index in [1.807, 2.05) is 0 Å². The summed E-state index contributed by atoms with van der Waals surface area (Å²) in [6, 6.07) is 0. The normalized spacial score (nSPS) is 15.2. The molecule has 0 atom stereocenters. The van der Waals surface area contributed by atoms with Gasteiger partial charge in [0.15, 0.2) is 32.8 Å². The van der Waals surface area contributed by atoms with Crippen LogP contribution in [0.1, 0.15) is 65.7 Å². The maximum atomic E-state index is 11.4. The van der Waals surface area contributed by atoms with Crippen LogP contribution < -0.4 is 5.53 Å². The Morgan fingerprint density at radius 3 is 1.79 bits per heavy atom. The molecule has 0 bridgehead atoms. The third-order valence-electron chi connectivity index (χ3n) is 4.01. The summed E-state index contributed by atoms with van der Waals surface area (Å²) in [5.41, 5.74) is -7.48. The molecule has 0 unspecified atom stereocenters. The number of rotatable bonds is 11. The predicted octanol–water partition coefficient (Wildman–Crippen LogP) is 4.54. The Morgan fingerprint density at radius 2 is 1.36 bits per heavy atom. The monoisotopic (exact) mass is 532 g/mol. The average Bonchev–Trinajstić information content (AvgIpc) is 2.67. The highest BCUT2D eigenvalue weighted by Crippen LogP contribution is 2.36. The van der Waals surface area contributed by atoms with E-state index in [0.29, 0.717) is 0 Å². The second kappa shape index (κ2) is 13.4. The van der Waals surface area contributed by atoms with Crippen LogP contribution in [0.3, 0.4) is 0 Å². The van der Waals surface area contributed by atoms with Crippen molar-refractivity contribution in [3.63, 3.8) is 0 Å². The number of halogens is 6. The Balaban J connectivity index is 0.000000633. The van der Waals surface area contributed by atoms with Gasteiger partial charge in [-0.05, 0) is 19.3 Å². The first kappa shape index (κ1) is 31.4. The molecule has 0 spiro atoms. The van der Waals surface area contributed by atoms with Crippen molar-refractivity contribution in [1.82, 2.24) is 10.5 Å². The topological polar surface area (TPSA) is 101 Å². The molecular weight excluding hydrogens is 502 g/mol. The van der Waals surface area contributed by atoms with E-state index in [0.717, 1.165) is 17.2 Å². The fraction of sp³-hybridized carbons (Fsp3) is 0.824. The average molecular weight is 533 g/mol. The lowest BCUT2D eigenvalue weighted by Crippen LogP contribution is -2.46. The van der Waals surface area contributed by atoms with Crippen molar-refractivity contribution in [2.45, 2.75) is 76.7 Å². The van der Waals surface area contributed by atoms with Crippen molar-refractivity contribution >= 4 is 26.3 Å². The summed E-state index contributed by atoms with van der Waals surface area (Å²) in [5.74, 6) is 0. The van der Waals surface area contributed by atoms with Crippen molar-refractivity contribution in [1.29, 1.82) is 0 Å². The van der Waals surface area contributed by atoms with Crippen LogP contribution in [0, 0.1) is 0 Å². The fourth-order valence-electron chi connectivity index (χ4n) is 2.27. The van der Waals surface area contributed by atoms with Crippen molar-refractivity contribution in [3.05, 3.63) is 15.9 Å². The molecule has 0 aliphatic carbocycles. The van der Waals surface area contributed by atoms with E-state index in [1.54, 1.807) is 0 Å². The van der Waals surface area contributed by atoms with Crippen molar-refractivity contribution < 1.29 is 47.9 Å². The van der Waals surface area contributed by atoms with E-state index in [4.69, 9.17) is 0 Å². The molecule has 8 nitrogen and oxygen atoms in total. The molecule has 1 aliphatic heterocycles. The van der Waals surface area contributed by atoms with Gasteiger partial charge in [0, 0.05) is 24.7 Å². The van der Waals surface area contributed by atoms with Crippen LogP contribution in [-0.2, 0) is 20.0 Å². The van der Waals surface area contributed by atoms with Crippen LogP contribution in [0.5, 0.6) is 0 Å². The Bertz CT molecular complexity index is 827. The molecule has 1 aliphatic rings. The van der Waals surface area contributed by atoms with E-state index in [9.17, 15) is 43.2 Å². The van der Waals surface area contributed by atoms with Gasteiger partial charge in [0.05, 0.1) is 0 Å². The fourth-order valence-corrected chi connectivity index (χ4v) is 3.98. The van der Waals surface area contributed by atoms with Gasteiger partial charge in [0.2, 0.25) is 0 Å². The van der Waals surface area contributed by atoms with Crippen molar-refractivity contribution in [2.24, 2.45) is 0 Å². The Hall–Kier alpha value is -1.55. The van der Waals surface area contributed by atoms with Crippen LogP contribution in [0.15, 0.2) is 11.8 Å². The SMILES string of the molecule is CCCCC1=CN(CCCC)N[N+](CCCC)=C1.O=S(=O)([N-]S(=O)(=O)C(F)(F)F)C(F)(F)F. The molecule has 33 heavy (non-hydrogen) atoms. The Labute approximate surface area is 190 Å². The van der Waals surface area contributed by atoms with Gasteiger partial charge in [-0.25, -0.2) is 21.8 Å². The number of hydrogen-bond acceptors (Lipinski definition) is 6. The van der Waals surface area contributed by atoms with Gasteiger partial charge in [-0.15, -0.1) is 10.2 Å². The first-order valence-electron chi connectivity index (χ1n) is 10.2. The number of nitrogens with zero attached hydrogens (tertiary/aromatic N) is 3. The number of unbranched alkanes of at least 4 members (excludes halogenated alkanes) is 3. The summed E-state index contributed by atoms with van der Waals surface area (Å²) < 4.78 is 111. The van der Waals surface area contributed by atoms with Gasteiger partial charge < -0.3 is 4.13 Å². The van der Waals surface area contributed by atoms with Gasteiger partial charge in [-0.2, -0.15) is 26.3 Å². The smallest absolute Gasteiger partial charge is 0.421 e.